The highest BCUT2D eigenvalue weighted by molar-refractivity contribution is 5.87. The Bertz CT molecular complexity index is 464. The lowest BCUT2D eigenvalue weighted by atomic mass is 10.1. The first-order valence-corrected chi connectivity index (χ1v) is 7.47. The fraction of sp³-hybridized carbons (Fsp3) is 0.500. The van der Waals surface area contributed by atoms with Crippen molar-refractivity contribution in [1.29, 1.82) is 0 Å². The Morgan fingerprint density at radius 2 is 1.57 bits per heavy atom. The summed E-state index contributed by atoms with van der Waals surface area (Å²) < 4.78 is 0. The highest BCUT2D eigenvalue weighted by Gasteiger charge is 1.89. The molecule has 0 aliphatic rings. The van der Waals surface area contributed by atoms with E-state index in [2.05, 4.69) is 24.7 Å². The SMILES string of the molecule is CCCCCCCCCC=CC=C(O)C#CC#CC(=O)O. The molecule has 0 spiro atoms. The molecule has 0 fully saturated rings. The predicted octanol–water partition coefficient (Wildman–Crippen LogP) is 4.22. The van der Waals surface area contributed by atoms with Crippen LogP contribution in [0.1, 0.15) is 58.3 Å². The second-order valence-corrected chi connectivity index (χ2v) is 4.70. The van der Waals surface area contributed by atoms with Crippen molar-refractivity contribution in [3.63, 3.8) is 0 Å². The monoisotopic (exact) mass is 288 g/mol. The van der Waals surface area contributed by atoms with Crippen molar-refractivity contribution in [3.8, 4) is 23.7 Å². The smallest absolute Gasteiger partial charge is 0.382 e. The molecular formula is C18H24O3. The summed E-state index contributed by atoms with van der Waals surface area (Å²) in [6, 6.07) is 0. The van der Waals surface area contributed by atoms with Gasteiger partial charge < -0.3 is 10.2 Å². The molecule has 0 aromatic carbocycles. The van der Waals surface area contributed by atoms with E-state index in [4.69, 9.17) is 5.11 Å². The van der Waals surface area contributed by atoms with E-state index >= 15 is 0 Å². The molecule has 0 atom stereocenters. The number of unbranched alkanes of at least 4 members (excludes halogenated alkanes) is 7. The Kier molecular flexibility index (Phi) is 12.8. The first-order chi connectivity index (χ1) is 10.2. The van der Waals surface area contributed by atoms with Crippen LogP contribution in [0.3, 0.4) is 0 Å². The molecule has 2 N–H and O–H groups in total. The van der Waals surface area contributed by atoms with Crippen LogP contribution in [0.15, 0.2) is 24.0 Å². The summed E-state index contributed by atoms with van der Waals surface area (Å²) in [6.07, 6.45) is 15.2. The van der Waals surface area contributed by atoms with Gasteiger partial charge in [0.25, 0.3) is 0 Å². The Morgan fingerprint density at radius 1 is 0.952 bits per heavy atom. The number of aliphatic hydroxyl groups is 1. The van der Waals surface area contributed by atoms with Gasteiger partial charge >= 0.3 is 5.97 Å². The number of allylic oxidation sites excluding steroid dienone is 4. The summed E-state index contributed by atoms with van der Waals surface area (Å²) in [6.45, 7) is 2.22. The maximum absolute atomic E-state index is 10.1. The first kappa shape index (κ1) is 18.9. The number of aliphatic carboxylic acids is 1. The summed E-state index contributed by atoms with van der Waals surface area (Å²) in [5.41, 5.74) is 0. The number of carbonyl (C=O) groups is 1. The topological polar surface area (TPSA) is 57.5 Å². The molecule has 3 heteroatoms. The van der Waals surface area contributed by atoms with Crippen LogP contribution in [0, 0.1) is 23.7 Å². The molecule has 0 aliphatic heterocycles. The first-order valence-electron chi connectivity index (χ1n) is 7.47. The van der Waals surface area contributed by atoms with Crippen molar-refractivity contribution in [3.05, 3.63) is 24.0 Å². The maximum Gasteiger partial charge on any atom is 0.382 e. The van der Waals surface area contributed by atoms with E-state index in [1.807, 2.05) is 12.0 Å². The second kappa shape index (κ2) is 14.3. The number of carboxylic acids is 1. The van der Waals surface area contributed by atoms with E-state index in [1.54, 1.807) is 6.08 Å². The van der Waals surface area contributed by atoms with E-state index in [0.717, 1.165) is 12.8 Å². The Balaban J connectivity index is 3.72. The molecule has 0 aromatic rings. The van der Waals surface area contributed by atoms with Gasteiger partial charge in [-0.1, -0.05) is 57.6 Å². The Hall–Kier alpha value is -2.13. The van der Waals surface area contributed by atoms with Gasteiger partial charge in [-0.2, -0.15) is 0 Å². The van der Waals surface area contributed by atoms with E-state index < -0.39 is 5.97 Å². The standard InChI is InChI=1S/C18H24O3/c1-2-3-4-5-6-7-8-9-10-11-14-17(19)15-12-13-16-18(20)21/h10-11,14,19H,2-9H2,1H3,(H,20,21). The van der Waals surface area contributed by atoms with Crippen LogP contribution < -0.4 is 0 Å². The lowest BCUT2D eigenvalue weighted by Gasteiger charge is -1.98. The normalized spacial score (nSPS) is 10.6. The van der Waals surface area contributed by atoms with Gasteiger partial charge in [0.15, 0.2) is 5.76 Å². The van der Waals surface area contributed by atoms with Crippen molar-refractivity contribution in [1.82, 2.24) is 0 Å². The van der Waals surface area contributed by atoms with E-state index in [9.17, 15) is 9.90 Å². The van der Waals surface area contributed by atoms with Crippen LogP contribution in [-0.2, 0) is 4.79 Å². The Labute approximate surface area is 127 Å². The third-order valence-electron chi connectivity index (χ3n) is 2.79. The largest absolute Gasteiger partial charge is 0.501 e. The van der Waals surface area contributed by atoms with Gasteiger partial charge in [-0.3, -0.25) is 0 Å². The molecule has 0 amide bonds. The van der Waals surface area contributed by atoms with Gasteiger partial charge in [-0.25, -0.2) is 4.79 Å². The van der Waals surface area contributed by atoms with Crippen molar-refractivity contribution >= 4 is 5.97 Å². The summed E-state index contributed by atoms with van der Waals surface area (Å²) in [5, 5.41) is 17.6. The van der Waals surface area contributed by atoms with Crippen LogP contribution in [0.25, 0.3) is 0 Å². The van der Waals surface area contributed by atoms with E-state index in [1.165, 1.54) is 44.6 Å². The number of carboxylic acid groups (broad SMARTS) is 1. The Morgan fingerprint density at radius 3 is 2.24 bits per heavy atom. The van der Waals surface area contributed by atoms with Crippen LogP contribution in [0.5, 0.6) is 0 Å². The fourth-order valence-corrected chi connectivity index (χ4v) is 1.70. The summed E-state index contributed by atoms with van der Waals surface area (Å²) in [5.74, 6) is 7.22. The molecule has 0 saturated heterocycles. The van der Waals surface area contributed by atoms with Crippen molar-refractivity contribution in [2.75, 3.05) is 0 Å². The zero-order valence-corrected chi connectivity index (χ0v) is 12.7. The zero-order valence-electron chi connectivity index (χ0n) is 12.7. The van der Waals surface area contributed by atoms with Crippen LogP contribution in [0.4, 0.5) is 0 Å². The van der Waals surface area contributed by atoms with E-state index in [-0.39, 0.29) is 5.76 Å². The summed E-state index contributed by atoms with van der Waals surface area (Å²) >= 11 is 0. The molecule has 0 heterocycles. The number of hydrogen-bond donors (Lipinski definition) is 2. The second-order valence-electron chi connectivity index (χ2n) is 4.70. The zero-order chi connectivity index (χ0) is 15.8. The summed E-state index contributed by atoms with van der Waals surface area (Å²) in [7, 11) is 0. The van der Waals surface area contributed by atoms with Gasteiger partial charge in [0.05, 0.1) is 0 Å². The molecule has 0 rings (SSSR count). The van der Waals surface area contributed by atoms with Crippen LogP contribution >= 0.6 is 0 Å². The third kappa shape index (κ3) is 15.8. The molecule has 21 heavy (non-hydrogen) atoms. The van der Waals surface area contributed by atoms with Crippen molar-refractivity contribution in [2.24, 2.45) is 0 Å². The minimum Gasteiger partial charge on any atom is -0.501 e. The quantitative estimate of drug-likeness (QED) is 0.289. The highest BCUT2D eigenvalue weighted by Crippen LogP contribution is 2.08. The van der Waals surface area contributed by atoms with Gasteiger partial charge in [0, 0.05) is 5.92 Å². The third-order valence-corrected chi connectivity index (χ3v) is 2.79. The fourth-order valence-electron chi connectivity index (χ4n) is 1.70. The van der Waals surface area contributed by atoms with Crippen LogP contribution in [0.2, 0.25) is 0 Å². The molecule has 0 radical (unpaired) electrons. The molecule has 0 unspecified atom stereocenters. The predicted molar refractivity (Wildman–Crippen MR) is 85.6 cm³/mol. The van der Waals surface area contributed by atoms with Crippen molar-refractivity contribution < 1.29 is 15.0 Å². The minimum absolute atomic E-state index is 0.120. The summed E-state index contributed by atoms with van der Waals surface area (Å²) in [4.78, 5) is 10.1. The molecule has 0 bridgehead atoms. The van der Waals surface area contributed by atoms with Gasteiger partial charge in [0.1, 0.15) is 0 Å². The maximum atomic E-state index is 10.1. The molecule has 114 valence electrons. The lowest BCUT2D eigenvalue weighted by molar-refractivity contribution is -0.130. The average Bonchev–Trinajstić information content (AvgIpc) is 2.45. The molecule has 0 saturated carbocycles. The minimum atomic E-state index is -1.23. The van der Waals surface area contributed by atoms with Gasteiger partial charge in [-0.05, 0) is 36.7 Å². The lowest BCUT2D eigenvalue weighted by Crippen LogP contribution is -1.85. The number of aliphatic hydroxyl groups excluding tert-OH is 1. The highest BCUT2D eigenvalue weighted by atomic mass is 16.4. The van der Waals surface area contributed by atoms with Gasteiger partial charge in [-0.15, -0.1) is 0 Å². The van der Waals surface area contributed by atoms with Crippen LogP contribution in [-0.4, -0.2) is 16.2 Å². The van der Waals surface area contributed by atoms with Gasteiger partial charge in [0.2, 0.25) is 0 Å². The molecule has 0 aromatic heterocycles. The van der Waals surface area contributed by atoms with E-state index in [0.29, 0.717) is 0 Å². The molecule has 0 aliphatic carbocycles. The van der Waals surface area contributed by atoms with Crippen molar-refractivity contribution in [2.45, 2.75) is 58.3 Å². The number of rotatable bonds is 9. The average molecular weight is 288 g/mol. The number of hydrogen-bond acceptors (Lipinski definition) is 2. The molecular weight excluding hydrogens is 264 g/mol. The molecule has 3 nitrogen and oxygen atoms in total.